The Bertz CT molecular complexity index is 477. The summed E-state index contributed by atoms with van der Waals surface area (Å²) >= 11 is 0. The van der Waals surface area contributed by atoms with Crippen LogP contribution in [0.5, 0.6) is 6.01 Å². The van der Waals surface area contributed by atoms with Crippen molar-refractivity contribution in [1.82, 2.24) is 15.0 Å². The molecule has 0 aliphatic rings. The molecule has 0 saturated carbocycles. The van der Waals surface area contributed by atoms with Gasteiger partial charge in [0.25, 0.3) is 0 Å². The number of rotatable bonds is 4. The highest BCUT2D eigenvalue weighted by atomic mass is 16.5. The molecule has 1 rings (SSSR count). The van der Waals surface area contributed by atoms with E-state index < -0.39 is 17.3 Å². The third-order valence-corrected chi connectivity index (χ3v) is 1.34. The molecule has 0 unspecified atom stereocenters. The Balaban J connectivity index is 0.000000411. The van der Waals surface area contributed by atoms with Gasteiger partial charge < -0.3 is 14.9 Å². The molecule has 0 aromatic carbocycles. The Kier molecular flexibility index (Phi) is 6.74. The lowest BCUT2D eigenvalue weighted by atomic mass is 10.4. The second-order valence-electron chi connectivity index (χ2n) is 2.96. The lowest BCUT2D eigenvalue weighted by Crippen LogP contribution is -2.25. The van der Waals surface area contributed by atoms with Gasteiger partial charge in [0.15, 0.2) is 0 Å². The Hall–Kier alpha value is -2.42. The van der Waals surface area contributed by atoms with Crippen molar-refractivity contribution in [1.29, 1.82) is 0 Å². The molecule has 0 radical (unpaired) electrons. The van der Waals surface area contributed by atoms with Gasteiger partial charge in [-0.15, -0.1) is 4.98 Å². The van der Waals surface area contributed by atoms with Crippen LogP contribution in [-0.4, -0.2) is 44.3 Å². The zero-order chi connectivity index (χ0) is 14.1. The highest BCUT2D eigenvalue weighted by Crippen LogP contribution is 1.89. The zero-order valence-corrected chi connectivity index (χ0v) is 9.60. The van der Waals surface area contributed by atoms with Crippen molar-refractivity contribution in [3.63, 3.8) is 0 Å². The third kappa shape index (κ3) is 6.95. The van der Waals surface area contributed by atoms with Crippen LogP contribution in [0.15, 0.2) is 21.7 Å². The number of H-pyrrole nitrogens is 2. The predicted molar refractivity (Wildman–Crippen MR) is 60.5 cm³/mol. The van der Waals surface area contributed by atoms with Crippen molar-refractivity contribution in [2.75, 3.05) is 13.2 Å². The second-order valence-corrected chi connectivity index (χ2v) is 2.96. The summed E-state index contributed by atoms with van der Waals surface area (Å²) in [6, 6.07) is -0.196. The van der Waals surface area contributed by atoms with Crippen LogP contribution in [0.4, 0.5) is 0 Å². The highest BCUT2D eigenvalue weighted by Gasteiger charge is 1.97. The average Bonchev–Trinajstić information content (AvgIpc) is 2.25. The molecule has 9 nitrogen and oxygen atoms in total. The molecule has 1 aromatic heterocycles. The number of hydrogen-bond donors (Lipinski definition) is 4. The van der Waals surface area contributed by atoms with Gasteiger partial charge in [0.2, 0.25) is 0 Å². The van der Waals surface area contributed by atoms with Gasteiger partial charge >= 0.3 is 23.4 Å². The van der Waals surface area contributed by atoms with Gasteiger partial charge in [0.1, 0.15) is 6.61 Å². The zero-order valence-electron chi connectivity index (χ0n) is 9.60. The lowest BCUT2D eigenvalue weighted by Gasteiger charge is -1.99. The average molecular weight is 259 g/mol. The van der Waals surface area contributed by atoms with Gasteiger partial charge in [0.05, 0.1) is 6.61 Å². The molecule has 0 spiro atoms. The van der Waals surface area contributed by atoms with Crippen LogP contribution in [-0.2, 0) is 4.79 Å². The van der Waals surface area contributed by atoms with Gasteiger partial charge in [-0.05, 0) is 6.92 Å². The molecule has 1 aromatic rings. The molecule has 0 fully saturated rings. The SMILES string of the molecule is C=C(C)C(=O)O.O=c1nc(OCCO)[nH]c(=O)[nH]1. The number of aliphatic hydroxyl groups excluding tert-OH is 1. The molecule has 0 saturated heterocycles. The minimum Gasteiger partial charge on any atom is -0.478 e. The number of ether oxygens (including phenoxy) is 1. The minimum atomic E-state index is -0.935. The summed E-state index contributed by atoms with van der Waals surface area (Å²) in [6.07, 6.45) is 0. The largest absolute Gasteiger partial charge is 0.478 e. The van der Waals surface area contributed by atoms with Crippen LogP contribution < -0.4 is 16.1 Å². The first-order valence-electron chi connectivity index (χ1n) is 4.70. The van der Waals surface area contributed by atoms with E-state index >= 15 is 0 Å². The number of carboxylic acids is 1. The fourth-order valence-electron chi connectivity index (χ4n) is 0.584. The molecular formula is C9H13N3O6. The molecule has 4 N–H and O–H groups in total. The number of aromatic amines is 2. The molecule has 100 valence electrons. The molecule has 18 heavy (non-hydrogen) atoms. The molecule has 0 bridgehead atoms. The van der Waals surface area contributed by atoms with Crippen molar-refractivity contribution in [3.05, 3.63) is 33.1 Å². The summed E-state index contributed by atoms with van der Waals surface area (Å²) in [7, 11) is 0. The molecule has 1 heterocycles. The number of nitrogens with one attached hydrogen (secondary N) is 2. The van der Waals surface area contributed by atoms with E-state index in [1.807, 2.05) is 4.98 Å². The maximum absolute atomic E-state index is 10.6. The number of aliphatic hydroxyl groups is 1. The topological polar surface area (TPSA) is 145 Å². The summed E-state index contributed by atoms with van der Waals surface area (Å²) in [5.74, 6) is -0.935. The van der Waals surface area contributed by atoms with E-state index in [-0.39, 0.29) is 24.8 Å². The molecular weight excluding hydrogens is 246 g/mol. The number of aliphatic carboxylic acids is 1. The third-order valence-electron chi connectivity index (χ3n) is 1.34. The summed E-state index contributed by atoms with van der Waals surface area (Å²) in [6.45, 7) is 4.37. The van der Waals surface area contributed by atoms with Gasteiger partial charge in [-0.3, -0.25) is 9.97 Å². The molecule has 9 heteroatoms. The number of carboxylic acid groups (broad SMARTS) is 1. The predicted octanol–water partition coefficient (Wildman–Crippen LogP) is -1.52. The first-order chi connectivity index (χ1) is 8.36. The van der Waals surface area contributed by atoms with Crippen molar-refractivity contribution < 1.29 is 19.7 Å². The Morgan fingerprint density at radius 3 is 2.39 bits per heavy atom. The Morgan fingerprint density at radius 1 is 1.44 bits per heavy atom. The normalized spacial score (nSPS) is 9.00. The van der Waals surface area contributed by atoms with Crippen molar-refractivity contribution in [2.45, 2.75) is 6.92 Å². The smallest absolute Gasteiger partial charge is 0.353 e. The molecule has 0 aliphatic carbocycles. The standard InChI is InChI=1S/C5H7N3O4.C4H6O2/c9-1-2-12-5-7-3(10)6-4(11)8-5;1-3(2)4(5)6/h9H,1-2H2,(H2,6,7,8,10,11);1H2,2H3,(H,5,6). The number of carbonyl (C=O) groups is 1. The molecule has 0 atom stereocenters. The van der Waals surface area contributed by atoms with E-state index in [2.05, 4.69) is 21.3 Å². The summed E-state index contributed by atoms with van der Waals surface area (Å²) in [5.41, 5.74) is -1.30. The number of hydrogen-bond acceptors (Lipinski definition) is 6. The quantitative estimate of drug-likeness (QED) is 0.480. The molecule has 0 aliphatic heterocycles. The van der Waals surface area contributed by atoms with Crippen LogP contribution in [0.3, 0.4) is 0 Å². The molecule has 0 amide bonds. The van der Waals surface area contributed by atoms with Gasteiger partial charge in [-0.1, -0.05) is 6.58 Å². The lowest BCUT2D eigenvalue weighted by molar-refractivity contribution is -0.132. The van der Waals surface area contributed by atoms with Crippen LogP contribution in [0, 0.1) is 0 Å². The fourth-order valence-corrected chi connectivity index (χ4v) is 0.584. The van der Waals surface area contributed by atoms with Crippen LogP contribution in [0.1, 0.15) is 6.92 Å². The van der Waals surface area contributed by atoms with Crippen LogP contribution in [0.2, 0.25) is 0 Å². The van der Waals surface area contributed by atoms with Crippen molar-refractivity contribution >= 4 is 5.97 Å². The van der Waals surface area contributed by atoms with Gasteiger partial charge in [-0.25, -0.2) is 14.4 Å². The van der Waals surface area contributed by atoms with Crippen LogP contribution in [0.25, 0.3) is 0 Å². The van der Waals surface area contributed by atoms with E-state index in [0.29, 0.717) is 0 Å². The van der Waals surface area contributed by atoms with Gasteiger partial charge in [0, 0.05) is 5.57 Å². The first-order valence-corrected chi connectivity index (χ1v) is 4.70. The van der Waals surface area contributed by atoms with Crippen molar-refractivity contribution in [3.8, 4) is 6.01 Å². The van der Waals surface area contributed by atoms with E-state index in [1.165, 1.54) is 6.92 Å². The maximum atomic E-state index is 10.6. The number of aromatic nitrogens is 3. The summed E-state index contributed by atoms with van der Waals surface area (Å²) in [4.78, 5) is 38.0. The van der Waals surface area contributed by atoms with E-state index in [4.69, 9.17) is 10.2 Å². The highest BCUT2D eigenvalue weighted by molar-refractivity contribution is 5.84. The Labute approximate surface area is 101 Å². The monoisotopic (exact) mass is 259 g/mol. The van der Waals surface area contributed by atoms with E-state index in [9.17, 15) is 14.4 Å². The van der Waals surface area contributed by atoms with Crippen molar-refractivity contribution in [2.24, 2.45) is 0 Å². The Morgan fingerprint density at radius 2 is 2.00 bits per heavy atom. The van der Waals surface area contributed by atoms with E-state index in [0.717, 1.165) is 0 Å². The fraction of sp³-hybridized carbons (Fsp3) is 0.333. The minimum absolute atomic E-state index is 0.0214. The first kappa shape index (κ1) is 15.6. The number of nitrogens with zero attached hydrogens (tertiary/aromatic N) is 1. The summed E-state index contributed by atoms with van der Waals surface area (Å²) in [5, 5.41) is 16.2. The van der Waals surface area contributed by atoms with Crippen LogP contribution >= 0.6 is 0 Å². The summed E-state index contributed by atoms with van der Waals surface area (Å²) < 4.78 is 4.68. The van der Waals surface area contributed by atoms with Gasteiger partial charge in [-0.2, -0.15) is 0 Å². The maximum Gasteiger partial charge on any atom is 0.353 e. The van der Waals surface area contributed by atoms with E-state index in [1.54, 1.807) is 0 Å². The second kappa shape index (κ2) is 7.79.